The predicted molar refractivity (Wildman–Crippen MR) is 58.2 cm³/mol. The molecule has 1 unspecified atom stereocenters. The van der Waals surface area contributed by atoms with Gasteiger partial charge in [0.2, 0.25) is 0 Å². The molecule has 4 heteroatoms. The van der Waals surface area contributed by atoms with Crippen LogP contribution in [0.1, 0.15) is 36.5 Å². The monoisotopic (exact) mass is 227 g/mol. The molecule has 0 aromatic heterocycles. The number of carbonyl (C=O) groups excluding carboxylic acids is 1. The molecule has 0 aliphatic carbocycles. The highest BCUT2D eigenvalue weighted by atomic mass is 19.2. The van der Waals surface area contributed by atoms with Crippen molar-refractivity contribution < 1.29 is 13.6 Å². The maximum absolute atomic E-state index is 12.8. The number of hydrogen-bond donors (Lipinski definition) is 1. The van der Waals surface area contributed by atoms with E-state index < -0.39 is 11.6 Å². The molecule has 0 heterocycles. The number of carbonyl (C=O) groups is 1. The summed E-state index contributed by atoms with van der Waals surface area (Å²) < 4.78 is 25.5. The van der Waals surface area contributed by atoms with E-state index in [1.54, 1.807) is 0 Å². The van der Waals surface area contributed by atoms with Gasteiger partial charge in [0, 0.05) is 18.0 Å². The second kappa shape index (κ2) is 5.70. The van der Waals surface area contributed by atoms with E-state index in [4.69, 9.17) is 5.73 Å². The topological polar surface area (TPSA) is 43.1 Å². The average Bonchev–Trinajstić information content (AvgIpc) is 2.21. The van der Waals surface area contributed by atoms with E-state index in [0.717, 1.165) is 18.6 Å². The minimum absolute atomic E-state index is 0.0535. The van der Waals surface area contributed by atoms with E-state index in [9.17, 15) is 13.6 Å². The first-order valence-corrected chi connectivity index (χ1v) is 5.24. The van der Waals surface area contributed by atoms with Crippen molar-refractivity contribution in [1.82, 2.24) is 0 Å². The van der Waals surface area contributed by atoms with Gasteiger partial charge in [-0.2, -0.15) is 0 Å². The summed E-state index contributed by atoms with van der Waals surface area (Å²) >= 11 is 0. The number of nitrogens with two attached hydrogens (primary N) is 1. The largest absolute Gasteiger partial charge is 0.328 e. The van der Waals surface area contributed by atoms with Gasteiger partial charge >= 0.3 is 0 Å². The van der Waals surface area contributed by atoms with Crippen LogP contribution >= 0.6 is 0 Å². The second-order valence-electron chi connectivity index (χ2n) is 3.92. The number of rotatable bonds is 5. The number of benzene rings is 1. The first-order chi connectivity index (χ1) is 7.50. The van der Waals surface area contributed by atoms with Crippen molar-refractivity contribution in [2.45, 2.75) is 32.2 Å². The highest BCUT2D eigenvalue weighted by molar-refractivity contribution is 5.95. The van der Waals surface area contributed by atoms with E-state index in [2.05, 4.69) is 0 Å². The van der Waals surface area contributed by atoms with Crippen LogP contribution in [-0.4, -0.2) is 11.8 Å². The molecule has 1 aromatic rings. The van der Waals surface area contributed by atoms with E-state index in [1.807, 2.05) is 6.92 Å². The fourth-order valence-corrected chi connectivity index (χ4v) is 1.40. The smallest absolute Gasteiger partial charge is 0.162 e. The summed E-state index contributed by atoms with van der Waals surface area (Å²) in [5.41, 5.74) is 5.75. The van der Waals surface area contributed by atoms with Crippen molar-refractivity contribution >= 4 is 5.78 Å². The predicted octanol–water partition coefficient (Wildman–Crippen LogP) is 2.67. The highest BCUT2D eigenvalue weighted by Crippen LogP contribution is 2.12. The Morgan fingerprint density at radius 2 is 2.06 bits per heavy atom. The lowest BCUT2D eigenvalue weighted by molar-refractivity contribution is 0.0978. The summed E-state index contributed by atoms with van der Waals surface area (Å²) in [6.45, 7) is 1.86. The van der Waals surface area contributed by atoms with Gasteiger partial charge in [-0.25, -0.2) is 8.78 Å². The van der Waals surface area contributed by atoms with Gasteiger partial charge in [-0.3, -0.25) is 4.79 Å². The summed E-state index contributed by atoms with van der Waals surface area (Å²) in [6, 6.07) is 3.25. The Balaban J connectivity index is 2.56. The van der Waals surface area contributed by atoms with Crippen LogP contribution in [0.2, 0.25) is 0 Å². The van der Waals surface area contributed by atoms with Gasteiger partial charge in [0.25, 0.3) is 0 Å². The Kier molecular flexibility index (Phi) is 4.55. The summed E-state index contributed by atoms with van der Waals surface area (Å²) in [6.07, 6.45) is 1.72. The van der Waals surface area contributed by atoms with E-state index in [0.29, 0.717) is 12.8 Å². The first-order valence-electron chi connectivity index (χ1n) is 5.24. The quantitative estimate of drug-likeness (QED) is 0.786. The minimum atomic E-state index is -0.988. The maximum Gasteiger partial charge on any atom is 0.162 e. The average molecular weight is 227 g/mol. The molecule has 16 heavy (non-hydrogen) atoms. The van der Waals surface area contributed by atoms with Gasteiger partial charge in [0.05, 0.1) is 0 Å². The molecule has 0 radical (unpaired) electrons. The van der Waals surface area contributed by atoms with E-state index >= 15 is 0 Å². The third-order valence-electron chi connectivity index (χ3n) is 2.30. The lowest BCUT2D eigenvalue weighted by Gasteiger charge is -2.04. The van der Waals surface area contributed by atoms with Crippen molar-refractivity contribution in [1.29, 1.82) is 0 Å². The molecule has 0 aliphatic rings. The molecule has 1 aromatic carbocycles. The lowest BCUT2D eigenvalue weighted by Crippen LogP contribution is -2.14. The van der Waals surface area contributed by atoms with Crippen LogP contribution < -0.4 is 5.73 Å². The Bertz CT molecular complexity index is 377. The van der Waals surface area contributed by atoms with Crippen LogP contribution in [-0.2, 0) is 0 Å². The molecule has 0 amide bonds. The van der Waals surface area contributed by atoms with Crippen molar-refractivity contribution in [3.63, 3.8) is 0 Å². The summed E-state index contributed by atoms with van der Waals surface area (Å²) in [5.74, 6) is -2.11. The fourth-order valence-electron chi connectivity index (χ4n) is 1.40. The third-order valence-corrected chi connectivity index (χ3v) is 2.30. The Hall–Kier alpha value is -1.29. The number of halogens is 2. The van der Waals surface area contributed by atoms with Crippen molar-refractivity contribution in [3.8, 4) is 0 Å². The van der Waals surface area contributed by atoms with E-state index in [-0.39, 0.29) is 17.4 Å². The molecular weight excluding hydrogens is 212 g/mol. The molecule has 88 valence electrons. The zero-order valence-electron chi connectivity index (χ0n) is 9.17. The lowest BCUT2D eigenvalue weighted by atomic mass is 10.0. The van der Waals surface area contributed by atoms with Crippen molar-refractivity contribution in [2.24, 2.45) is 5.73 Å². The molecule has 0 spiro atoms. The van der Waals surface area contributed by atoms with Crippen LogP contribution in [0.4, 0.5) is 8.78 Å². The first kappa shape index (κ1) is 12.8. The summed E-state index contributed by atoms with van der Waals surface area (Å²) in [7, 11) is 0. The molecular formula is C12H15F2NO. The molecule has 2 nitrogen and oxygen atoms in total. The Labute approximate surface area is 93.5 Å². The van der Waals surface area contributed by atoms with Crippen LogP contribution in [0.25, 0.3) is 0 Å². The van der Waals surface area contributed by atoms with Crippen LogP contribution in [0.3, 0.4) is 0 Å². The fraction of sp³-hybridized carbons (Fsp3) is 0.417. The number of hydrogen-bond acceptors (Lipinski definition) is 2. The molecule has 0 bridgehead atoms. The SMILES string of the molecule is CC(N)CCCC(=O)c1ccc(F)c(F)c1. The molecule has 1 atom stereocenters. The standard InChI is InChI=1S/C12H15F2NO/c1-8(15)3-2-4-12(16)9-5-6-10(13)11(14)7-9/h5-8H,2-4,15H2,1H3. The van der Waals surface area contributed by atoms with Gasteiger partial charge in [0.1, 0.15) is 0 Å². The van der Waals surface area contributed by atoms with Crippen molar-refractivity contribution in [3.05, 3.63) is 35.4 Å². The van der Waals surface area contributed by atoms with Gasteiger partial charge < -0.3 is 5.73 Å². The van der Waals surface area contributed by atoms with Gasteiger partial charge in [0.15, 0.2) is 17.4 Å². The zero-order valence-corrected chi connectivity index (χ0v) is 9.17. The zero-order chi connectivity index (χ0) is 12.1. The van der Waals surface area contributed by atoms with Crippen LogP contribution in [0.5, 0.6) is 0 Å². The van der Waals surface area contributed by atoms with E-state index in [1.165, 1.54) is 6.07 Å². The molecule has 1 rings (SSSR count). The highest BCUT2D eigenvalue weighted by Gasteiger charge is 2.09. The minimum Gasteiger partial charge on any atom is -0.328 e. The summed E-state index contributed by atoms with van der Waals surface area (Å²) in [5, 5.41) is 0. The molecule has 0 saturated heterocycles. The number of Topliss-reactive ketones (excluding diaryl/α,β-unsaturated/α-hetero) is 1. The van der Waals surface area contributed by atoms with Crippen molar-refractivity contribution in [2.75, 3.05) is 0 Å². The van der Waals surface area contributed by atoms with Crippen LogP contribution in [0.15, 0.2) is 18.2 Å². The Morgan fingerprint density at radius 1 is 1.38 bits per heavy atom. The third kappa shape index (κ3) is 3.70. The normalized spacial score (nSPS) is 12.5. The maximum atomic E-state index is 12.8. The second-order valence-corrected chi connectivity index (χ2v) is 3.92. The molecule has 0 fully saturated rings. The van der Waals surface area contributed by atoms with Crippen LogP contribution in [0, 0.1) is 11.6 Å². The number of ketones is 1. The van der Waals surface area contributed by atoms with Gasteiger partial charge in [-0.1, -0.05) is 0 Å². The molecule has 0 saturated carbocycles. The van der Waals surface area contributed by atoms with Gasteiger partial charge in [-0.15, -0.1) is 0 Å². The Morgan fingerprint density at radius 3 is 2.62 bits per heavy atom. The van der Waals surface area contributed by atoms with Gasteiger partial charge in [-0.05, 0) is 38.0 Å². The molecule has 0 aliphatic heterocycles. The molecule has 2 N–H and O–H groups in total. The summed E-state index contributed by atoms with van der Waals surface area (Å²) in [4.78, 5) is 11.6.